The molecule has 30 heavy (non-hydrogen) atoms. The van der Waals surface area contributed by atoms with E-state index < -0.39 is 0 Å². The minimum atomic E-state index is -0.328. The van der Waals surface area contributed by atoms with Gasteiger partial charge >= 0.3 is 0 Å². The van der Waals surface area contributed by atoms with Crippen molar-refractivity contribution < 1.29 is 4.79 Å². The normalized spacial score (nSPS) is 24.0. The molecule has 0 saturated carbocycles. The van der Waals surface area contributed by atoms with Gasteiger partial charge in [0.15, 0.2) is 5.82 Å². The first-order valence-corrected chi connectivity index (χ1v) is 10.9. The summed E-state index contributed by atoms with van der Waals surface area (Å²) in [6.07, 6.45) is 10.4. The predicted octanol–water partition coefficient (Wildman–Crippen LogP) is 4.74. The number of nitriles is 1. The minimum Gasteiger partial charge on any atom is -0.326 e. The molecule has 1 amide bonds. The van der Waals surface area contributed by atoms with Gasteiger partial charge in [0.2, 0.25) is 0 Å². The van der Waals surface area contributed by atoms with Crippen LogP contribution in [0.5, 0.6) is 0 Å². The molecule has 2 heterocycles. The van der Waals surface area contributed by atoms with Gasteiger partial charge in [-0.25, -0.2) is 4.98 Å². The van der Waals surface area contributed by atoms with Gasteiger partial charge in [-0.05, 0) is 81.6 Å². The van der Waals surface area contributed by atoms with Gasteiger partial charge in [-0.1, -0.05) is 12.1 Å². The molecule has 3 N–H and O–H groups in total. The number of imidazole rings is 1. The van der Waals surface area contributed by atoms with Gasteiger partial charge in [-0.2, -0.15) is 5.26 Å². The van der Waals surface area contributed by atoms with E-state index in [4.69, 9.17) is 5.26 Å². The number of hydrogen-bond acceptors (Lipinski definition) is 4. The Bertz CT molecular complexity index is 989. The summed E-state index contributed by atoms with van der Waals surface area (Å²) in [6, 6.07) is 9.44. The smallest absolute Gasteiger partial charge is 0.291 e. The topological polar surface area (TPSA) is 93.6 Å². The second kappa shape index (κ2) is 8.85. The molecule has 1 aliphatic carbocycles. The summed E-state index contributed by atoms with van der Waals surface area (Å²) in [4.78, 5) is 19.5. The third-order valence-electron chi connectivity index (χ3n) is 6.16. The Kier molecular flexibility index (Phi) is 6.01. The van der Waals surface area contributed by atoms with E-state index in [0.717, 1.165) is 36.9 Å². The maximum Gasteiger partial charge on any atom is 0.291 e. The van der Waals surface area contributed by atoms with Crippen molar-refractivity contribution in [2.45, 2.75) is 70.4 Å². The SMILES string of the molecule is C[C@@H]1CC(c2ccc(NC(=O)c3ncc(C#N)[nH]3)c(C3=CCCCC3)c2)C[C@@H](C)N1. The summed E-state index contributed by atoms with van der Waals surface area (Å²) in [7, 11) is 0. The Morgan fingerprint density at radius 2 is 2.03 bits per heavy atom. The van der Waals surface area contributed by atoms with Gasteiger partial charge in [0, 0.05) is 23.3 Å². The van der Waals surface area contributed by atoms with Crippen LogP contribution >= 0.6 is 0 Å². The Morgan fingerprint density at radius 3 is 2.70 bits per heavy atom. The van der Waals surface area contributed by atoms with Crippen LogP contribution < -0.4 is 10.6 Å². The molecule has 0 unspecified atom stereocenters. The highest BCUT2D eigenvalue weighted by Gasteiger charge is 2.25. The Hall–Kier alpha value is -2.91. The first kappa shape index (κ1) is 20.4. The fourth-order valence-corrected chi connectivity index (χ4v) is 4.79. The van der Waals surface area contributed by atoms with Crippen LogP contribution in [0.2, 0.25) is 0 Å². The maximum atomic E-state index is 12.7. The van der Waals surface area contributed by atoms with E-state index in [2.05, 4.69) is 52.7 Å². The molecule has 0 spiro atoms. The van der Waals surface area contributed by atoms with Crippen molar-refractivity contribution in [3.05, 3.63) is 53.1 Å². The highest BCUT2D eigenvalue weighted by atomic mass is 16.2. The highest BCUT2D eigenvalue weighted by Crippen LogP contribution is 2.37. The molecule has 2 aliphatic rings. The average Bonchev–Trinajstić information content (AvgIpc) is 3.23. The summed E-state index contributed by atoms with van der Waals surface area (Å²) in [5.74, 6) is 0.346. The zero-order valence-electron chi connectivity index (χ0n) is 17.7. The van der Waals surface area contributed by atoms with E-state index in [1.165, 1.54) is 30.2 Å². The van der Waals surface area contributed by atoms with Gasteiger partial charge in [0.05, 0.1) is 6.20 Å². The first-order valence-electron chi connectivity index (χ1n) is 10.9. The van der Waals surface area contributed by atoms with E-state index in [-0.39, 0.29) is 17.4 Å². The van der Waals surface area contributed by atoms with Crippen molar-refractivity contribution in [1.29, 1.82) is 5.26 Å². The molecule has 6 nitrogen and oxygen atoms in total. The Labute approximate surface area is 177 Å². The number of carbonyl (C=O) groups is 1. The van der Waals surface area contributed by atoms with Crippen LogP contribution in [0.25, 0.3) is 5.57 Å². The molecule has 156 valence electrons. The number of aromatic amines is 1. The van der Waals surface area contributed by atoms with Crippen LogP contribution in [0.4, 0.5) is 5.69 Å². The van der Waals surface area contributed by atoms with Crippen molar-refractivity contribution in [2.24, 2.45) is 0 Å². The second-order valence-electron chi connectivity index (χ2n) is 8.63. The second-order valence-corrected chi connectivity index (χ2v) is 8.63. The lowest BCUT2D eigenvalue weighted by Gasteiger charge is -2.33. The van der Waals surface area contributed by atoms with Gasteiger partial charge in [-0.15, -0.1) is 0 Å². The van der Waals surface area contributed by atoms with Gasteiger partial charge in [0.25, 0.3) is 5.91 Å². The summed E-state index contributed by atoms with van der Waals surface area (Å²) < 4.78 is 0. The third kappa shape index (κ3) is 4.47. The number of piperidine rings is 1. The summed E-state index contributed by atoms with van der Waals surface area (Å²) in [5, 5.41) is 15.6. The number of amides is 1. The number of anilines is 1. The van der Waals surface area contributed by atoms with E-state index in [9.17, 15) is 4.79 Å². The molecular formula is C24H29N5O. The average molecular weight is 404 g/mol. The number of H-pyrrole nitrogens is 1. The summed E-state index contributed by atoms with van der Waals surface area (Å²) in [5.41, 5.74) is 4.86. The van der Waals surface area contributed by atoms with Crippen LogP contribution in [0.3, 0.4) is 0 Å². The lowest BCUT2D eigenvalue weighted by atomic mass is 9.82. The largest absolute Gasteiger partial charge is 0.326 e. The molecule has 1 aliphatic heterocycles. The zero-order valence-corrected chi connectivity index (χ0v) is 17.7. The number of carbonyl (C=O) groups excluding carboxylic acids is 1. The van der Waals surface area contributed by atoms with E-state index in [0.29, 0.717) is 18.0 Å². The number of rotatable bonds is 4. The zero-order chi connectivity index (χ0) is 21.1. The van der Waals surface area contributed by atoms with Gasteiger partial charge in [0.1, 0.15) is 11.8 Å². The number of nitrogens with zero attached hydrogens (tertiary/aromatic N) is 2. The molecule has 1 saturated heterocycles. The molecule has 6 heteroatoms. The Morgan fingerprint density at radius 1 is 1.23 bits per heavy atom. The molecule has 0 bridgehead atoms. The van der Waals surface area contributed by atoms with Gasteiger partial charge < -0.3 is 15.6 Å². The minimum absolute atomic E-state index is 0.153. The van der Waals surface area contributed by atoms with E-state index >= 15 is 0 Å². The van der Waals surface area contributed by atoms with Crippen LogP contribution in [-0.4, -0.2) is 28.0 Å². The number of hydrogen-bond donors (Lipinski definition) is 3. The van der Waals surface area contributed by atoms with Crippen molar-refractivity contribution in [1.82, 2.24) is 15.3 Å². The fourth-order valence-electron chi connectivity index (χ4n) is 4.79. The molecule has 4 rings (SSSR count). The molecular weight excluding hydrogens is 374 g/mol. The highest BCUT2D eigenvalue weighted by molar-refractivity contribution is 6.03. The summed E-state index contributed by atoms with van der Waals surface area (Å²) in [6.45, 7) is 4.50. The first-order chi connectivity index (χ1) is 14.5. The third-order valence-corrected chi connectivity index (χ3v) is 6.16. The Balaban J connectivity index is 1.64. The van der Waals surface area contributed by atoms with E-state index in [1.54, 1.807) is 0 Å². The van der Waals surface area contributed by atoms with Crippen LogP contribution in [-0.2, 0) is 0 Å². The number of benzene rings is 1. The lowest BCUT2D eigenvalue weighted by molar-refractivity contribution is 0.101. The molecule has 0 radical (unpaired) electrons. The van der Waals surface area contributed by atoms with E-state index in [1.807, 2.05) is 12.1 Å². The van der Waals surface area contributed by atoms with Crippen molar-refractivity contribution >= 4 is 17.2 Å². The molecule has 1 aromatic carbocycles. The van der Waals surface area contributed by atoms with Crippen LogP contribution in [0.15, 0.2) is 30.5 Å². The van der Waals surface area contributed by atoms with Crippen LogP contribution in [0.1, 0.15) is 85.7 Å². The van der Waals surface area contributed by atoms with Crippen molar-refractivity contribution in [3.63, 3.8) is 0 Å². The van der Waals surface area contributed by atoms with Crippen molar-refractivity contribution in [2.75, 3.05) is 5.32 Å². The predicted molar refractivity (Wildman–Crippen MR) is 118 cm³/mol. The molecule has 2 atom stereocenters. The quantitative estimate of drug-likeness (QED) is 0.688. The number of allylic oxidation sites excluding steroid dienone is 2. The monoisotopic (exact) mass is 403 g/mol. The van der Waals surface area contributed by atoms with Crippen LogP contribution in [0, 0.1) is 11.3 Å². The molecule has 1 aromatic heterocycles. The van der Waals surface area contributed by atoms with Crippen molar-refractivity contribution in [3.8, 4) is 6.07 Å². The lowest BCUT2D eigenvalue weighted by Crippen LogP contribution is -2.41. The number of aromatic nitrogens is 2. The standard InChI is InChI=1S/C24H29N5O/c1-15-10-19(11-16(2)27-15)18-8-9-22(21(12-18)17-6-4-3-5-7-17)29-24(30)23-26-14-20(13-25)28-23/h6,8-9,12,14-16,19,27H,3-5,7,10-11H2,1-2H3,(H,26,28)(H,29,30)/t15-,16-/m1/s1. The number of nitrogens with one attached hydrogen (secondary N) is 3. The molecule has 2 aromatic rings. The van der Waals surface area contributed by atoms with Gasteiger partial charge in [-0.3, -0.25) is 4.79 Å². The maximum absolute atomic E-state index is 12.7. The summed E-state index contributed by atoms with van der Waals surface area (Å²) >= 11 is 0. The molecule has 1 fully saturated rings. The fraction of sp³-hybridized carbons (Fsp3) is 0.458.